The van der Waals surface area contributed by atoms with E-state index in [0.29, 0.717) is 34.3 Å². The van der Waals surface area contributed by atoms with E-state index in [1.54, 1.807) is 18.2 Å². The van der Waals surface area contributed by atoms with Crippen molar-refractivity contribution >= 4 is 10.9 Å². The molecule has 156 valence electrons. The molecule has 1 heterocycles. The minimum atomic E-state index is 0.401. The number of fused-ring (bicyclic) bond motifs is 1. The highest BCUT2D eigenvalue weighted by Gasteiger charge is 2.15. The van der Waals surface area contributed by atoms with Gasteiger partial charge in [-0.05, 0) is 86.3 Å². The zero-order valence-corrected chi connectivity index (χ0v) is 18.4. The molecule has 0 amide bonds. The minimum Gasteiger partial charge on any atom is -0.456 e. The van der Waals surface area contributed by atoms with Gasteiger partial charge in [-0.2, -0.15) is 10.5 Å². The third-order valence-electron chi connectivity index (χ3n) is 5.25. The predicted molar refractivity (Wildman–Crippen MR) is 123 cm³/mol. The molecule has 4 rings (SSSR count). The highest BCUT2D eigenvalue weighted by molar-refractivity contribution is 5.86. The summed E-state index contributed by atoms with van der Waals surface area (Å²) >= 11 is 0. The van der Waals surface area contributed by atoms with Crippen LogP contribution in [0.3, 0.4) is 0 Å². The summed E-state index contributed by atoms with van der Waals surface area (Å²) < 4.78 is 12.5. The number of nitriles is 2. The van der Waals surface area contributed by atoms with E-state index in [0.717, 1.165) is 33.2 Å². The van der Waals surface area contributed by atoms with E-state index in [4.69, 9.17) is 9.47 Å². The lowest BCUT2D eigenvalue weighted by Crippen LogP contribution is -1.98. The van der Waals surface area contributed by atoms with Gasteiger partial charge in [0, 0.05) is 11.5 Å². The van der Waals surface area contributed by atoms with Crippen molar-refractivity contribution in [2.45, 2.75) is 27.7 Å². The van der Waals surface area contributed by atoms with Crippen LogP contribution in [0.25, 0.3) is 10.9 Å². The van der Waals surface area contributed by atoms with Crippen LogP contribution in [0.1, 0.15) is 33.4 Å². The second kappa shape index (κ2) is 8.41. The predicted octanol–water partition coefficient (Wildman–Crippen LogP) is 6.80. The maximum absolute atomic E-state index is 9.23. The molecule has 1 aromatic heterocycles. The number of aromatic nitrogens is 1. The van der Waals surface area contributed by atoms with Crippen LogP contribution in [0.2, 0.25) is 0 Å². The standard InChI is InChI=1S/C27H21N3O2/c1-16-9-20(14-28)10-17(2)26(16)31-24-13-25(30-23-8-6-5-7-22(23)24)32-27-18(3)11-21(15-29)12-19(27)4/h5-13H,1-4H3. The summed E-state index contributed by atoms with van der Waals surface area (Å²) in [6.07, 6.45) is 0. The number of ether oxygens (including phenoxy) is 2. The van der Waals surface area contributed by atoms with Crippen LogP contribution in [0.5, 0.6) is 23.1 Å². The van der Waals surface area contributed by atoms with E-state index in [-0.39, 0.29) is 0 Å². The summed E-state index contributed by atoms with van der Waals surface area (Å²) in [5.74, 6) is 2.39. The largest absolute Gasteiger partial charge is 0.456 e. The molecule has 0 aliphatic heterocycles. The average Bonchev–Trinajstić information content (AvgIpc) is 2.78. The van der Waals surface area contributed by atoms with E-state index < -0.39 is 0 Å². The van der Waals surface area contributed by atoms with Gasteiger partial charge in [-0.25, -0.2) is 4.98 Å². The van der Waals surface area contributed by atoms with Crippen molar-refractivity contribution in [3.63, 3.8) is 0 Å². The van der Waals surface area contributed by atoms with Gasteiger partial charge < -0.3 is 9.47 Å². The molecule has 4 aromatic rings. The first-order chi connectivity index (χ1) is 15.4. The number of hydrogen-bond acceptors (Lipinski definition) is 5. The number of rotatable bonds is 4. The average molecular weight is 419 g/mol. The lowest BCUT2D eigenvalue weighted by atomic mass is 10.1. The molecule has 0 atom stereocenters. The normalized spacial score (nSPS) is 10.4. The summed E-state index contributed by atoms with van der Waals surface area (Å²) in [5.41, 5.74) is 5.41. The summed E-state index contributed by atoms with van der Waals surface area (Å²) in [6.45, 7) is 7.66. The molecule has 0 fully saturated rings. The zero-order valence-electron chi connectivity index (χ0n) is 18.4. The second-order valence-electron chi connectivity index (χ2n) is 7.78. The minimum absolute atomic E-state index is 0.401. The SMILES string of the molecule is Cc1cc(C#N)cc(C)c1Oc1cc(Oc2c(C)cc(C#N)cc2C)c2ccccc2n1. The van der Waals surface area contributed by atoms with Gasteiger partial charge in [0.2, 0.25) is 5.88 Å². The molecule has 0 spiro atoms. The van der Waals surface area contributed by atoms with Crippen LogP contribution in [0.15, 0.2) is 54.6 Å². The first-order valence-corrected chi connectivity index (χ1v) is 10.2. The van der Waals surface area contributed by atoms with E-state index in [2.05, 4.69) is 17.1 Å². The Balaban J connectivity index is 1.80. The Morgan fingerprint density at radius 3 is 1.72 bits per heavy atom. The molecule has 0 saturated carbocycles. The van der Waals surface area contributed by atoms with Crippen LogP contribution >= 0.6 is 0 Å². The van der Waals surface area contributed by atoms with Gasteiger partial charge in [-0.3, -0.25) is 0 Å². The lowest BCUT2D eigenvalue weighted by molar-refractivity contribution is 0.444. The topological polar surface area (TPSA) is 78.9 Å². The first-order valence-electron chi connectivity index (χ1n) is 10.2. The fourth-order valence-electron chi connectivity index (χ4n) is 3.82. The van der Waals surface area contributed by atoms with E-state index in [1.807, 2.05) is 64.1 Å². The fraction of sp³-hybridized carbons (Fsp3) is 0.148. The molecular weight excluding hydrogens is 398 g/mol. The highest BCUT2D eigenvalue weighted by atomic mass is 16.5. The van der Waals surface area contributed by atoms with Crippen molar-refractivity contribution in [3.05, 3.63) is 88.0 Å². The molecule has 5 heteroatoms. The van der Waals surface area contributed by atoms with Crippen LogP contribution in [-0.2, 0) is 0 Å². The molecule has 0 radical (unpaired) electrons. The van der Waals surface area contributed by atoms with Crippen molar-refractivity contribution in [1.29, 1.82) is 10.5 Å². The van der Waals surface area contributed by atoms with E-state index >= 15 is 0 Å². The Morgan fingerprint density at radius 1 is 0.688 bits per heavy atom. The third-order valence-corrected chi connectivity index (χ3v) is 5.25. The van der Waals surface area contributed by atoms with Crippen molar-refractivity contribution in [2.24, 2.45) is 0 Å². The van der Waals surface area contributed by atoms with Gasteiger partial charge in [0.15, 0.2) is 0 Å². The van der Waals surface area contributed by atoms with Gasteiger partial charge >= 0.3 is 0 Å². The monoisotopic (exact) mass is 419 g/mol. The second-order valence-corrected chi connectivity index (χ2v) is 7.78. The Hall–Kier alpha value is -4.35. The number of pyridine rings is 1. The molecule has 0 bridgehead atoms. The van der Waals surface area contributed by atoms with Crippen molar-refractivity contribution < 1.29 is 9.47 Å². The molecule has 0 aliphatic rings. The Morgan fingerprint density at radius 2 is 1.19 bits per heavy atom. The van der Waals surface area contributed by atoms with Crippen LogP contribution in [-0.4, -0.2) is 4.98 Å². The van der Waals surface area contributed by atoms with Gasteiger partial charge in [-0.1, -0.05) is 12.1 Å². The van der Waals surface area contributed by atoms with Crippen molar-refractivity contribution in [3.8, 4) is 35.3 Å². The quantitative estimate of drug-likeness (QED) is 0.363. The molecule has 3 aromatic carbocycles. The third kappa shape index (κ3) is 3.97. The van der Waals surface area contributed by atoms with E-state index in [9.17, 15) is 10.5 Å². The lowest BCUT2D eigenvalue weighted by Gasteiger charge is -2.16. The zero-order chi connectivity index (χ0) is 22.8. The molecule has 32 heavy (non-hydrogen) atoms. The molecule has 0 unspecified atom stereocenters. The maximum atomic E-state index is 9.23. The highest BCUT2D eigenvalue weighted by Crippen LogP contribution is 2.37. The maximum Gasteiger partial charge on any atom is 0.223 e. The van der Waals surface area contributed by atoms with Gasteiger partial charge in [0.1, 0.15) is 17.2 Å². The Bertz CT molecular complexity index is 1400. The summed E-state index contributed by atoms with van der Waals surface area (Å²) in [5, 5.41) is 19.3. The number of para-hydroxylation sites is 1. The van der Waals surface area contributed by atoms with Crippen molar-refractivity contribution in [1.82, 2.24) is 4.98 Å². The summed E-state index contributed by atoms with van der Waals surface area (Å²) in [6, 6.07) is 21.0. The Labute approximate surface area is 187 Å². The number of nitrogens with zero attached hydrogens (tertiary/aromatic N) is 3. The number of aryl methyl sites for hydroxylation is 4. The van der Waals surface area contributed by atoms with Gasteiger partial charge in [-0.15, -0.1) is 0 Å². The summed E-state index contributed by atoms with van der Waals surface area (Å²) in [7, 11) is 0. The molecule has 0 aliphatic carbocycles. The smallest absolute Gasteiger partial charge is 0.223 e. The molecule has 0 saturated heterocycles. The fourth-order valence-corrected chi connectivity index (χ4v) is 3.82. The first kappa shape index (κ1) is 20.9. The summed E-state index contributed by atoms with van der Waals surface area (Å²) in [4.78, 5) is 4.66. The van der Waals surface area contributed by atoms with Gasteiger partial charge in [0.25, 0.3) is 0 Å². The Kier molecular flexibility index (Phi) is 5.50. The van der Waals surface area contributed by atoms with E-state index in [1.165, 1.54) is 0 Å². The van der Waals surface area contributed by atoms with Crippen LogP contribution in [0, 0.1) is 50.4 Å². The number of hydrogen-bond donors (Lipinski definition) is 0. The molecular formula is C27H21N3O2. The van der Waals surface area contributed by atoms with Gasteiger partial charge in [0.05, 0.1) is 28.8 Å². The van der Waals surface area contributed by atoms with Crippen LogP contribution in [0.4, 0.5) is 0 Å². The number of benzene rings is 3. The van der Waals surface area contributed by atoms with Crippen LogP contribution < -0.4 is 9.47 Å². The van der Waals surface area contributed by atoms with Crippen molar-refractivity contribution in [2.75, 3.05) is 0 Å². The molecule has 5 nitrogen and oxygen atoms in total. The molecule has 0 N–H and O–H groups in total.